The van der Waals surface area contributed by atoms with Crippen molar-refractivity contribution in [2.45, 2.75) is 45.6 Å². The van der Waals surface area contributed by atoms with Crippen LogP contribution in [0.2, 0.25) is 0 Å². The third kappa shape index (κ3) is 2.47. The van der Waals surface area contributed by atoms with Gasteiger partial charge in [-0.3, -0.25) is 4.90 Å². The van der Waals surface area contributed by atoms with E-state index in [4.69, 9.17) is 0 Å². The van der Waals surface area contributed by atoms with E-state index in [0.29, 0.717) is 0 Å². The summed E-state index contributed by atoms with van der Waals surface area (Å²) in [4.78, 5) is 2.68. The molecule has 1 saturated carbocycles. The molecule has 1 nitrogen and oxygen atoms in total. The van der Waals surface area contributed by atoms with E-state index in [1.165, 1.54) is 50.8 Å². The summed E-state index contributed by atoms with van der Waals surface area (Å²) in [6, 6.07) is 10.9. The van der Waals surface area contributed by atoms with Crippen molar-refractivity contribution in [2.24, 2.45) is 11.3 Å². The lowest BCUT2D eigenvalue weighted by atomic mass is 9.97. The Kier molecular flexibility index (Phi) is 3.43. The number of nitrogens with zero attached hydrogens (tertiary/aromatic N) is 1. The SMILES string of the molecule is CCCCCC12CC1CN(Cc1ccccc1)C2. The van der Waals surface area contributed by atoms with Gasteiger partial charge in [0.25, 0.3) is 0 Å². The number of piperidine rings is 1. The molecule has 0 N–H and O–H groups in total. The van der Waals surface area contributed by atoms with Gasteiger partial charge >= 0.3 is 0 Å². The molecule has 2 unspecified atom stereocenters. The van der Waals surface area contributed by atoms with Gasteiger partial charge in [0.1, 0.15) is 0 Å². The van der Waals surface area contributed by atoms with Gasteiger partial charge in [-0.1, -0.05) is 56.5 Å². The maximum Gasteiger partial charge on any atom is 0.0234 e. The predicted molar refractivity (Wildman–Crippen MR) is 76.4 cm³/mol. The molecule has 1 aliphatic heterocycles. The van der Waals surface area contributed by atoms with Crippen molar-refractivity contribution in [2.75, 3.05) is 13.1 Å². The Morgan fingerprint density at radius 1 is 1.22 bits per heavy atom. The van der Waals surface area contributed by atoms with Gasteiger partial charge in [0.05, 0.1) is 0 Å². The van der Waals surface area contributed by atoms with Crippen LogP contribution < -0.4 is 0 Å². The summed E-state index contributed by atoms with van der Waals surface area (Å²) >= 11 is 0. The van der Waals surface area contributed by atoms with E-state index in [9.17, 15) is 0 Å². The lowest BCUT2D eigenvalue weighted by molar-refractivity contribution is 0.264. The molecule has 98 valence electrons. The second kappa shape index (κ2) is 5.05. The van der Waals surface area contributed by atoms with Crippen molar-refractivity contribution in [3.8, 4) is 0 Å². The van der Waals surface area contributed by atoms with Crippen LogP contribution in [0, 0.1) is 11.3 Å². The molecule has 0 aromatic heterocycles. The molecular weight excluding hydrogens is 218 g/mol. The Balaban J connectivity index is 1.51. The van der Waals surface area contributed by atoms with Crippen molar-refractivity contribution in [1.82, 2.24) is 4.90 Å². The number of hydrogen-bond acceptors (Lipinski definition) is 1. The Labute approximate surface area is 111 Å². The molecule has 0 spiro atoms. The van der Waals surface area contributed by atoms with E-state index in [1.807, 2.05) is 0 Å². The van der Waals surface area contributed by atoms with Gasteiger partial charge in [0.2, 0.25) is 0 Å². The second-order valence-electron chi connectivity index (χ2n) is 6.38. The lowest BCUT2D eigenvalue weighted by Gasteiger charge is -2.20. The first-order valence-electron chi connectivity index (χ1n) is 7.59. The Hall–Kier alpha value is -0.820. The summed E-state index contributed by atoms with van der Waals surface area (Å²) in [6.45, 7) is 6.17. The molecule has 2 aliphatic rings. The zero-order chi connectivity index (χ0) is 12.4. The molecule has 0 bridgehead atoms. The average Bonchev–Trinajstić information content (AvgIpc) is 2.93. The van der Waals surface area contributed by atoms with E-state index in [-0.39, 0.29) is 0 Å². The van der Waals surface area contributed by atoms with Crippen LogP contribution in [0.25, 0.3) is 0 Å². The van der Waals surface area contributed by atoms with Gasteiger partial charge < -0.3 is 0 Å². The van der Waals surface area contributed by atoms with Crippen LogP contribution >= 0.6 is 0 Å². The first kappa shape index (κ1) is 12.2. The maximum atomic E-state index is 2.68. The molecular formula is C17H25N. The number of benzene rings is 1. The molecule has 1 heteroatoms. The van der Waals surface area contributed by atoms with Crippen LogP contribution in [0.4, 0.5) is 0 Å². The minimum Gasteiger partial charge on any atom is -0.298 e. The van der Waals surface area contributed by atoms with Crippen LogP contribution in [0.3, 0.4) is 0 Å². The number of hydrogen-bond donors (Lipinski definition) is 0. The number of likely N-dealkylation sites (tertiary alicyclic amines) is 1. The van der Waals surface area contributed by atoms with Gasteiger partial charge in [0, 0.05) is 19.6 Å². The van der Waals surface area contributed by atoms with Gasteiger partial charge in [-0.15, -0.1) is 0 Å². The van der Waals surface area contributed by atoms with Crippen LogP contribution in [0.5, 0.6) is 0 Å². The molecule has 18 heavy (non-hydrogen) atoms. The highest BCUT2D eigenvalue weighted by Crippen LogP contribution is 2.60. The van der Waals surface area contributed by atoms with E-state index in [1.54, 1.807) is 0 Å². The predicted octanol–water partition coefficient (Wildman–Crippen LogP) is 4.09. The topological polar surface area (TPSA) is 3.24 Å². The molecule has 2 fully saturated rings. The summed E-state index contributed by atoms with van der Waals surface area (Å²) < 4.78 is 0. The first-order chi connectivity index (χ1) is 8.82. The lowest BCUT2D eigenvalue weighted by Crippen LogP contribution is -2.24. The molecule has 1 saturated heterocycles. The largest absolute Gasteiger partial charge is 0.298 e. The monoisotopic (exact) mass is 243 g/mol. The van der Waals surface area contributed by atoms with Crippen LogP contribution in [0.15, 0.2) is 30.3 Å². The van der Waals surface area contributed by atoms with Crippen molar-refractivity contribution >= 4 is 0 Å². The molecule has 1 heterocycles. The first-order valence-corrected chi connectivity index (χ1v) is 7.59. The van der Waals surface area contributed by atoms with E-state index in [2.05, 4.69) is 42.2 Å². The third-order valence-electron chi connectivity index (χ3n) is 4.90. The fourth-order valence-electron chi connectivity index (χ4n) is 3.78. The summed E-state index contributed by atoms with van der Waals surface area (Å²) in [5.74, 6) is 1.03. The Morgan fingerprint density at radius 2 is 2.06 bits per heavy atom. The number of unbranched alkanes of at least 4 members (excludes halogenated alkanes) is 2. The van der Waals surface area contributed by atoms with Gasteiger partial charge in [-0.2, -0.15) is 0 Å². The molecule has 0 amide bonds. The molecule has 1 aromatic carbocycles. The van der Waals surface area contributed by atoms with E-state index >= 15 is 0 Å². The Bertz CT molecular complexity index is 386. The smallest absolute Gasteiger partial charge is 0.0234 e. The standard InChI is InChI=1S/C17H25N/c1-2-3-7-10-17-11-16(17)13-18(14-17)12-15-8-5-4-6-9-15/h4-6,8-9,16H,2-3,7,10-14H2,1H3. The highest BCUT2D eigenvalue weighted by Gasteiger charge is 2.58. The summed E-state index contributed by atoms with van der Waals surface area (Å²) in [5, 5.41) is 0. The highest BCUT2D eigenvalue weighted by molar-refractivity contribution is 5.17. The molecule has 2 atom stereocenters. The van der Waals surface area contributed by atoms with Crippen molar-refractivity contribution in [3.63, 3.8) is 0 Å². The van der Waals surface area contributed by atoms with Crippen molar-refractivity contribution in [3.05, 3.63) is 35.9 Å². The quantitative estimate of drug-likeness (QED) is 0.680. The van der Waals surface area contributed by atoms with Gasteiger partial charge in [0.15, 0.2) is 0 Å². The Morgan fingerprint density at radius 3 is 2.83 bits per heavy atom. The maximum absolute atomic E-state index is 2.68. The van der Waals surface area contributed by atoms with Crippen LogP contribution in [0.1, 0.15) is 44.6 Å². The summed E-state index contributed by atoms with van der Waals surface area (Å²) in [5.41, 5.74) is 2.21. The van der Waals surface area contributed by atoms with Gasteiger partial charge in [-0.25, -0.2) is 0 Å². The highest BCUT2D eigenvalue weighted by atomic mass is 15.2. The van der Waals surface area contributed by atoms with Crippen LogP contribution in [-0.2, 0) is 6.54 Å². The zero-order valence-electron chi connectivity index (χ0n) is 11.6. The number of rotatable bonds is 6. The van der Waals surface area contributed by atoms with E-state index < -0.39 is 0 Å². The normalized spacial score (nSPS) is 30.4. The van der Waals surface area contributed by atoms with Crippen LogP contribution in [-0.4, -0.2) is 18.0 Å². The van der Waals surface area contributed by atoms with Gasteiger partial charge in [-0.05, 0) is 29.7 Å². The molecule has 3 rings (SSSR count). The minimum atomic E-state index is 0.740. The third-order valence-corrected chi connectivity index (χ3v) is 4.90. The molecule has 1 aliphatic carbocycles. The average molecular weight is 243 g/mol. The molecule has 1 aromatic rings. The zero-order valence-corrected chi connectivity index (χ0v) is 11.6. The van der Waals surface area contributed by atoms with E-state index in [0.717, 1.165) is 17.9 Å². The summed E-state index contributed by atoms with van der Waals surface area (Å²) in [7, 11) is 0. The minimum absolute atomic E-state index is 0.740. The second-order valence-corrected chi connectivity index (χ2v) is 6.38. The van der Waals surface area contributed by atoms with Crippen molar-refractivity contribution < 1.29 is 0 Å². The fourth-order valence-corrected chi connectivity index (χ4v) is 3.78. The van der Waals surface area contributed by atoms with Crippen molar-refractivity contribution in [1.29, 1.82) is 0 Å². The number of fused-ring (bicyclic) bond motifs is 1. The molecule has 0 radical (unpaired) electrons. The summed E-state index contributed by atoms with van der Waals surface area (Å²) in [6.07, 6.45) is 7.23. The fraction of sp³-hybridized carbons (Fsp3) is 0.647.